The number of amides is 1. The fourth-order valence-electron chi connectivity index (χ4n) is 2.64. The van der Waals surface area contributed by atoms with E-state index in [1.54, 1.807) is 13.0 Å². The van der Waals surface area contributed by atoms with Crippen molar-refractivity contribution >= 4 is 27.3 Å². The molecule has 1 heterocycles. The minimum atomic E-state index is -3.58. The lowest BCUT2D eigenvalue weighted by Crippen LogP contribution is -2.23. The lowest BCUT2D eigenvalue weighted by molar-refractivity contribution is -0.386. The van der Waals surface area contributed by atoms with Gasteiger partial charge < -0.3 is 14.5 Å². The van der Waals surface area contributed by atoms with E-state index in [2.05, 4.69) is 10.0 Å². The highest BCUT2D eigenvalue weighted by Gasteiger charge is 2.17. The molecule has 0 aliphatic rings. The zero-order chi connectivity index (χ0) is 22.4. The highest BCUT2D eigenvalue weighted by atomic mass is 32.2. The molecule has 0 fully saturated rings. The maximum atomic E-state index is 12.4. The first-order valence-electron chi connectivity index (χ1n) is 9.16. The SMILES string of the molecule is CCNS(=O)(=O)c1ccc(NC(=O)c2ccc(COc3ccccc3[N+](=O)[O-])o2)cc1. The van der Waals surface area contributed by atoms with Gasteiger partial charge in [-0.3, -0.25) is 14.9 Å². The molecule has 0 saturated heterocycles. The molecule has 11 heteroatoms. The van der Waals surface area contributed by atoms with Crippen LogP contribution in [0, 0.1) is 10.1 Å². The average Bonchev–Trinajstić information content (AvgIpc) is 3.22. The van der Waals surface area contributed by atoms with Crippen LogP contribution in [-0.2, 0) is 16.6 Å². The molecular formula is C20H19N3O7S. The number of ether oxygens (including phenoxy) is 1. The van der Waals surface area contributed by atoms with Crippen molar-refractivity contribution in [3.05, 3.63) is 82.3 Å². The van der Waals surface area contributed by atoms with Gasteiger partial charge in [-0.1, -0.05) is 19.1 Å². The van der Waals surface area contributed by atoms with Crippen LogP contribution in [0.5, 0.6) is 5.75 Å². The summed E-state index contributed by atoms with van der Waals surface area (Å²) in [7, 11) is -3.58. The fourth-order valence-corrected chi connectivity index (χ4v) is 3.68. The number of anilines is 1. The second-order valence-electron chi connectivity index (χ2n) is 6.26. The Morgan fingerprint density at radius 3 is 2.48 bits per heavy atom. The zero-order valence-electron chi connectivity index (χ0n) is 16.4. The lowest BCUT2D eigenvalue weighted by Gasteiger charge is -2.07. The van der Waals surface area contributed by atoms with Crippen LogP contribution in [0.2, 0.25) is 0 Å². The molecule has 0 spiro atoms. The van der Waals surface area contributed by atoms with E-state index in [4.69, 9.17) is 9.15 Å². The fraction of sp³-hybridized carbons (Fsp3) is 0.150. The summed E-state index contributed by atoms with van der Waals surface area (Å²) < 4.78 is 37.1. The molecule has 0 unspecified atom stereocenters. The van der Waals surface area contributed by atoms with Crippen molar-refractivity contribution in [1.82, 2.24) is 4.72 Å². The van der Waals surface area contributed by atoms with Crippen molar-refractivity contribution in [1.29, 1.82) is 0 Å². The lowest BCUT2D eigenvalue weighted by atomic mass is 10.3. The van der Waals surface area contributed by atoms with Gasteiger partial charge in [0.2, 0.25) is 10.0 Å². The van der Waals surface area contributed by atoms with E-state index < -0.39 is 20.9 Å². The molecule has 0 bridgehead atoms. The van der Waals surface area contributed by atoms with Crippen LogP contribution in [0.25, 0.3) is 0 Å². The summed E-state index contributed by atoms with van der Waals surface area (Å²) in [4.78, 5) is 22.9. The Morgan fingerprint density at radius 2 is 1.81 bits per heavy atom. The molecule has 0 radical (unpaired) electrons. The highest BCUT2D eigenvalue weighted by molar-refractivity contribution is 7.89. The van der Waals surface area contributed by atoms with Gasteiger partial charge in [0.25, 0.3) is 5.91 Å². The molecule has 1 aromatic heterocycles. The summed E-state index contributed by atoms with van der Waals surface area (Å²) in [5, 5.41) is 13.6. The number of nitrogens with zero attached hydrogens (tertiary/aromatic N) is 1. The number of hydrogen-bond donors (Lipinski definition) is 2. The molecule has 0 aliphatic carbocycles. The van der Waals surface area contributed by atoms with Crippen LogP contribution in [0.1, 0.15) is 23.2 Å². The van der Waals surface area contributed by atoms with E-state index in [0.717, 1.165) is 0 Å². The molecule has 0 atom stereocenters. The van der Waals surface area contributed by atoms with Crippen LogP contribution in [0.15, 0.2) is 70.0 Å². The Hall–Kier alpha value is -3.70. The average molecular weight is 445 g/mol. The Kier molecular flexibility index (Phi) is 6.68. The normalized spacial score (nSPS) is 11.1. The van der Waals surface area contributed by atoms with E-state index in [1.165, 1.54) is 54.6 Å². The Balaban J connectivity index is 1.62. The van der Waals surface area contributed by atoms with Crippen molar-refractivity contribution in [2.24, 2.45) is 0 Å². The van der Waals surface area contributed by atoms with Gasteiger partial charge in [0.05, 0.1) is 9.82 Å². The first-order valence-corrected chi connectivity index (χ1v) is 10.6. The van der Waals surface area contributed by atoms with Gasteiger partial charge in [-0.25, -0.2) is 13.1 Å². The van der Waals surface area contributed by atoms with Crippen LogP contribution < -0.4 is 14.8 Å². The first-order chi connectivity index (χ1) is 14.8. The minimum Gasteiger partial charge on any atom is -0.479 e. The third kappa shape index (κ3) is 5.47. The number of hydrogen-bond acceptors (Lipinski definition) is 7. The molecule has 2 N–H and O–H groups in total. The monoisotopic (exact) mass is 445 g/mol. The van der Waals surface area contributed by atoms with E-state index in [1.807, 2.05) is 0 Å². The molecule has 3 aromatic rings. The smallest absolute Gasteiger partial charge is 0.310 e. The Labute approximate surface area is 178 Å². The summed E-state index contributed by atoms with van der Waals surface area (Å²) in [6.07, 6.45) is 0. The molecule has 3 rings (SSSR count). The number of nitrogens with one attached hydrogen (secondary N) is 2. The van der Waals surface area contributed by atoms with Crippen molar-refractivity contribution in [3.63, 3.8) is 0 Å². The largest absolute Gasteiger partial charge is 0.479 e. The molecule has 31 heavy (non-hydrogen) atoms. The van der Waals surface area contributed by atoms with Crippen molar-refractivity contribution in [2.75, 3.05) is 11.9 Å². The Bertz CT molecular complexity index is 1190. The van der Waals surface area contributed by atoms with E-state index in [0.29, 0.717) is 11.4 Å². The summed E-state index contributed by atoms with van der Waals surface area (Å²) >= 11 is 0. The molecule has 2 aromatic carbocycles. The number of sulfonamides is 1. The summed E-state index contributed by atoms with van der Waals surface area (Å²) in [6, 6.07) is 14.6. The maximum Gasteiger partial charge on any atom is 0.310 e. The number of rotatable bonds is 9. The molecule has 162 valence electrons. The predicted octanol–water partition coefficient (Wildman–Crippen LogP) is 3.32. The van der Waals surface area contributed by atoms with Crippen LogP contribution in [0.3, 0.4) is 0 Å². The Morgan fingerprint density at radius 1 is 1.10 bits per heavy atom. The van der Waals surface area contributed by atoms with Crippen molar-refractivity contribution in [3.8, 4) is 5.75 Å². The summed E-state index contributed by atoms with van der Waals surface area (Å²) in [5.74, 6) is -0.150. The van der Waals surface area contributed by atoms with Gasteiger partial charge in [0.1, 0.15) is 12.4 Å². The number of nitro benzene ring substituents is 1. The molecule has 0 saturated carbocycles. The van der Waals surface area contributed by atoms with Crippen LogP contribution in [0.4, 0.5) is 11.4 Å². The third-order valence-corrected chi connectivity index (χ3v) is 5.64. The maximum absolute atomic E-state index is 12.4. The van der Waals surface area contributed by atoms with Crippen LogP contribution >= 0.6 is 0 Å². The number of carbonyl (C=O) groups is 1. The number of nitro groups is 1. The number of carbonyl (C=O) groups excluding carboxylic acids is 1. The van der Waals surface area contributed by atoms with Crippen molar-refractivity contribution < 1.29 is 27.3 Å². The predicted molar refractivity (Wildman–Crippen MR) is 111 cm³/mol. The van der Waals surface area contributed by atoms with Gasteiger partial charge in [-0.05, 0) is 42.5 Å². The summed E-state index contributed by atoms with van der Waals surface area (Å²) in [6.45, 7) is 1.84. The molecule has 1 amide bonds. The van der Waals surface area contributed by atoms with Crippen LogP contribution in [-0.4, -0.2) is 25.8 Å². The third-order valence-electron chi connectivity index (χ3n) is 4.07. The molecular weight excluding hydrogens is 426 g/mol. The topological polar surface area (TPSA) is 141 Å². The highest BCUT2D eigenvalue weighted by Crippen LogP contribution is 2.27. The van der Waals surface area contributed by atoms with Gasteiger partial charge in [0.15, 0.2) is 11.5 Å². The number of para-hydroxylation sites is 2. The zero-order valence-corrected chi connectivity index (χ0v) is 17.2. The molecule has 10 nitrogen and oxygen atoms in total. The molecule has 0 aliphatic heterocycles. The number of furan rings is 1. The van der Waals surface area contributed by atoms with E-state index in [-0.39, 0.29) is 35.2 Å². The van der Waals surface area contributed by atoms with E-state index in [9.17, 15) is 23.3 Å². The minimum absolute atomic E-state index is 0.00510. The van der Waals surface area contributed by atoms with Gasteiger partial charge >= 0.3 is 5.69 Å². The van der Waals surface area contributed by atoms with Gasteiger partial charge in [0, 0.05) is 18.3 Å². The number of benzene rings is 2. The standard InChI is InChI=1S/C20H19N3O7S/c1-2-21-31(27,28)16-10-7-14(8-11-16)22-20(24)19-12-9-15(30-19)13-29-18-6-4-3-5-17(18)23(25)26/h3-12,21H,2,13H2,1H3,(H,22,24). The van der Waals surface area contributed by atoms with Crippen molar-refractivity contribution in [2.45, 2.75) is 18.4 Å². The van der Waals surface area contributed by atoms with Gasteiger partial charge in [-0.2, -0.15) is 0 Å². The second kappa shape index (κ2) is 9.41. The van der Waals surface area contributed by atoms with E-state index >= 15 is 0 Å². The quantitative estimate of drug-likeness (QED) is 0.380. The summed E-state index contributed by atoms with van der Waals surface area (Å²) in [5.41, 5.74) is 0.209. The second-order valence-corrected chi connectivity index (χ2v) is 8.03. The van der Waals surface area contributed by atoms with Gasteiger partial charge in [-0.15, -0.1) is 0 Å². The first kappa shape index (κ1) is 22.0.